The molecular formula is C16H20N2O2. The van der Waals surface area contributed by atoms with E-state index in [-0.39, 0.29) is 5.91 Å². The monoisotopic (exact) mass is 272 g/mol. The van der Waals surface area contributed by atoms with E-state index in [4.69, 9.17) is 4.74 Å². The predicted octanol–water partition coefficient (Wildman–Crippen LogP) is 2.80. The quantitative estimate of drug-likeness (QED) is 0.761. The Morgan fingerprint density at radius 1 is 1.50 bits per heavy atom. The van der Waals surface area contributed by atoms with Gasteiger partial charge in [-0.25, -0.2) is 0 Å². The van der Waals surface area contributed by atoms with Crippen LogP contribution in [0.2, 0.25) is 0 Å². The Hall–Kier alpha value is -2.23. The summed E-state index contributed by atoms with van der Waals surface area (Å²) in [5.74, 6) is 0.743. The molecule has 0 saturated carbocycles. The third kappa shape index (κ3) is 3.41. The summed E-state index contributed by atoms with van der Waals surface area (Å²) in [6.07, 6.45) is 5.03. The Morgan fingerprint density at radius 2 is 2.35 bits per heavy atom. The zero-order valence-corrected chi connectivity index (χ0v) is 11.7. The first-order valence-corrected chi connectivity index (χ1v) is 6.87. The van der Waals surface area contributed by atoms with Crippen LogP contribution in [0.15, 0.2) is 37.1 Å². The maximum absolute atomic E-state index is 11.1. The van der Waals surface area contributed by atoms with Crippen LogP contribution in [-0.4, -0.2) is 24.0 Å². The Morgan fingerprint density at radius 3 is 3.10 bits per heavy atom. The molecule has 0 aliphatic carbocycles. The molecule has 1 aromatic carbocycles. The summed E-state index contributed by atoms with van der Waals surface area (Å²) in [6.45, 7) is 6.84. The van der Waals surface area contributed by atoms with Crippen molar-refractivity contribution in [3.8, 4) is 5.75 Å². The molecule has 1 heterocycles. The van der Waals surface area contributed by atoms with E-state index in [2.05, 4.69) is 23.8 Å². The second-order valence-electron chi connectivity index (χ2n) is 4.61. The molecule has 0 radical (unpaired) electrons. The van der Waals surface area contributed by atoms with Gasteiger partial charge in [0.25, 0.3) is 0 Å². The van der Waals surface area contributed by atoms with Crippen LogP contribution in [0, 0.1) is 0 Å². The van der Waals surface area contributed by atoms with Crippen molar-refractivity contribution >= 4 is 16.8 Å². The van der Waals surface area contributed by atoms with Gasteiger partial charge in [0.15, 0.2) is 0 Å². The van der Waals surface area contributed by atoms with Crippen LogP contribution in [-0.2, 0) is 11.2 Å². The van der Waals surface area contributed by atoms with Crippen LogP contribution in [0.5, 0.6) is 5.75 Å². The standard InChI is InChI=1S/C16H20N2O2/c1-3-9-20-13-5-6-15-14(10-13)12(11-18-15)7-8-17-16(19)4-2/h4-6,10-11,18H,2-3,7-9H2,1H3,(H,17,19). The lowest BCUT2D eigenvalue weighted by atomic mass is 10.1. The lowest BCUT2D eigenvalue weighted by molar-refractivity contribution is -0.116. The van der Waals surface area contributed by atoms with Crippen molar-refractivity contribution in [2.24, 2.45) is 0 Å². The molecule has 0 fully saturated rings. The fraction of sp³-hybridized carbons (Fsp3) is 0.312. The summed E-state index contributed by atoms with van der Waals surface area (Å²) >= 11 is 0. The minimum Gasteiger partial charge on any atom is -0.494 e. The van der Waals surface area contributed by atoms with Crippen LogP contribution in [0.4, 0.5) is 0 Å². The van der Waals surface area contributed by atoms with Crippen molar-refractivity contribution in [3.63, 3.8) is 0 Å². The number of rotatable bonds is 7. The van der Waals surface area contributed by atoms with Crippen LogP contribution in [0.25, 0.3) is 10.9 Å². The number of aromatic amines is 1. The van der Waals surface area contributed by atoms with E-state index >= 15 is 0 Å². The number of ether oxygens (including phenoxy) is 1. The molecule has 0 saturated heterocycles. The van der Waals surface area contributed by atoms with E-state index in [1.165, 1.54) is 11.6 Å². The zero-order valence-electron chi connectivity index (χ0n) is 11.7. The van der Waals surface area contributed by atoms with Crippen molar-refractivity contribution in [2.75, 3.05) is 13.2 Å². The van der Waals surface area contributed by atoms with Crippen molar-refractivity contribution in [3.05, 3.63) is 42.6 Å². The van der Waals surface area contributed by atoms with Crippen LogP contribution in [0.3, 0.4) is 0 Å². The van der Waals surface area contributed by atoms with Gasteiger partial charge in [-0.2, -0.15) is 0 Å². The molecule has 4 heteroatoms. The third-order valence-electron chi connectivity index (χ3n) is 3.09. The van der Waals surface area contributed by atoms with Gasteiger partial charge in [0.2, 0.25) is 5.91 Å². The largest absolute Gasteiger partial charge is 0.494 e. The fourth-order valence-electron chi connectivity index (χ4n) is 2.07. The van der Waals surface area contributed by atoms with E-state index < -0.39 is 0 Å². The summed E-state index contributed by atoms with van der Waals surface area (Å²) in [5, 5.41) is 3.93. The summed E-state index contributed by atoms with van der Waals surface area (Å²) < 4.78 is 5.65. The highest BCUT2D eigenvalue weighted by atomic mass is 16.5. The number of carbonyl (C=O) groups excluding carboxylic acids is 1. The second kappa shape index (κ2) is 6.80. The van der Waals surface area contributed by atoms with E-state index in [9.17, 15) is 4.79 Å². The molecule has 1 amide bonds. The number of carbonyl (C=O) groups is 1. The molecular weight excluding hydrogens is 252 g/mol. The van der Waals surface area contributed by atoms with Gasteiger partial charge in [0.05, 0.1) is 6.61 Å². The zero-order chi connectivity index (χ0) is 14.4. The first-order valence-electron chi connectivity index (χ1n) is 6.87. The topological polar surface area (TPSA) is 54.1 Å². The van der Waals surface area contributed by atoms with Crippen molar-refractivity contribution < 1.29 is 9.53 Å². The summed E-state index contributed by atoms with van der Waals surface area (Å²) in [6, 6.07) is 6.04. The van der Waals surface area contributed by atoms with Gasteiger partial charge in [-0.1, -0.05) is 13.5 Å². The number of H-pyrrole nitrogens is 1. The normalized spacial score (nSPS) is 10.4. The highest BCUT2D eigenvalue weighted by Gasteiger charge is 2.05. The van der Waals surface area contributed by atoms with Gasteiger partial charge in [-0.3, -0.25) is 4.79 Å². The van der Waals surface area contributed by atoms with Gasteiger partial charge >= 0.3 is 0 Å². The van der Waals surface area contributed by atoms with Crippen molar-refractivity contribution in [1.29, 1.82) is 0 Å². The van der Waals surface area contributed by atoms with Crippen LogP contribution < -0.4 is 10.1 Å². The lowest BCUT2D eigenvalue weighted by Crippen LogP contribution is -2.23. The SMILES string of the molecule is C=CC(=O)NCCc1c[nH]c2ccc(OCCC)cc12. The summed E-state index contributed by atoms with van der Waals surface area (Å²) in [5.41, 5.74) is 2.25. The maximum Gasteiger partial charge on any atom is 0.243 e. The predicted molar refractivity (Wildman–Crippen MR) is 81.0 cm³/mol. The third-order valence-corrected chi connectivity index (χ3v) is 3.09. The molecule has 0 bridgehead atoms. The van der Waals surface area contributed by atoms with E-state index in [0.717, 1.165) is 36.1 Å². The minimum atomic E-state index is -0.142. The van der Waals surface area contributed by atoms with Gasteiger partial charge in [-0.15, -0.1) is 0 Å². The summed E-state index contributed by atoms with van der Waals surface area (Å²) in [7, 11) is 0. The van der Waals surface area contributed by atoms with Crippen molar-refractivity contribution in [2.45, 2.75) is 19.8 Å². The minimum absolute atomic E-state index is 0.142. The molecule has 106 valence electrons. The van der Waals surface area contributed by atoms with E-state index in [1.54, 1.807) is 0 Å². The molecule has 2 N–H and O–H groups in total. The van der Waals surface area contributed by atoms with Crippen LogP contribution >= 0.6 is 0 Å². The Bertz CT molecular complexity index is 602. The van der Waals surface area contributed by atoms with Crippen molar-refractivity contribution in [1.82, 2.24) is 10.3 Å². The Balaban J connectivity index is 2.08. The lowest BCUT2D eigenvalue weighted by Gasteiger charge is -2.05. The molecule has 4 nitrogen and oxygen atoms in total. The molecule has 2 aromatic rings. The molecule has 0 unspecified atom stereocenters. The Kier molecular flexibility index (Phi) is 4.82. The molecule has 0 aliphatic rings. The number of aromatic nitrogens is 1. The molecule has 0 spiro atoms. The van der Waals surface area contributed by atoms with E-state index in [0.29, 0.717) is 6.54 Å². The van der Waals surface area contributed by atoms with Crippen LogP contribution in [0.1, 0.15) is 18.9 Å². The van der Waals surface area contributed by atoms with Gasteiger partial charge < -0.3 is 15.0 Å². The maximum atomic E-state index is 11.1. The summed E-state index contributed by atoms with van der Waals surface area (Å²) in [4.78, 5) is 14.4. The highest BCUT2D eigenvalue weighted by Crippen LogP contribution is 2.24. The van der Waals surface area contributed by atoms with Gasteiger partial charge in [-0.05, 0) is 42.7 Å². The average molecular weight is 272 g/mol. The Labute approximate surface area is 118 Å². The molecule has 0 aliphatic heterocycles. The number of fused-ring (bicyclic) bond motifs is 1. The van der Waals surface area contributed by atoms with E-state index in [1.807, 2.05) is 24.4 Å². The fourth-order valence-corrected chi connectivity index (χ4v) is 2.07. The number of hydrogen-bond donors (Lipinski definition) is 2. The number of benzene rings is 1. The first-order chi connectivity index (χ1) is 9.74. The van der Waals surface area contributed by atoms with Gasteiger partial charge in [0, 0.05) is 23.6 Å². The first kappa shape index (κ1) is 14.2. The molecule has 0 atom stereocenters. The number of nitrogens with one attached hydrogen (secondary N) is 2. The smallest absolute Gasteiger partial charge is 0.243 e. The number of amides is 1. The second-order valence-corrected chi connectivity index (χ2v) is 4.61. The number of hydrogen-bond acceptors (Lipinski definition) is 2. The molecule has 1 aromatic heterocycles. The van der Waals surface area contributed by atoms with Gasteiger partial charge in [0.1, 0.15) is 5.75 Å². The highest BCUT2D eigenvalue weighted by molar-refractivity contribution is 5.87. The molecule has 20 heavy (non-hydrogen) atoms. The molecule has 2 rings (SSSR count). The average Bonchev–Trinajstić information content (AvgIpc) is 2.87.